The molecule has 0 fully saturated rings. The first-order valence-corrected chi connectivity index (χ1v) is 14.3. The number of amides is 1. The highest BCUT2D eigenvalue weighted by molar-refractivity contribution is 7.99. The van der Waals surface area contributed by atoms with Gasteiger partial charge in [0.1, 0.15) is 4.83 Å². The highest BCUT2D eigenvalue weighted by atomic mass is 32.2. The van der Waals surface area contributed by atoms with E-state index in [1.165, 1.54) is 22.2 Å². The van der Waals surface area contributed by atoms with Crippen LogP contribution in [0.25, 0.3) is 15.9 Å². The van der Waals surface area contributed by atoms with Crippen molar-refractivity contribution in [2.24, 2.45) is 0 Å². The van der Waals surface area contributed by atoms with E-state index in [0.717, 1.165) is 47.8 Å². The Labute approximate surface area is 229 Å². The Morgan fingerprint density at radius 2 is 1.63 bits per heavy atom. The van der Waals surface area contributed by atoms with Crippen molar-refractivity contribution in [3.05, 3.63) is 117 Å². The van der Waals surface area contributed by atoms with Gasteiger partial charge in [0.2, 0.25) is 5.91 Å². The van der Waals surface area contributed by atoms with Crippen LogP contribution in [0, 0.1) is 0 Å². The van der Waals surface area contributed by atoms with Gasteiger partial charge in [-0.2, -0.15) is 0 Å². The Morgan fingerprint density at radius 1 is 0.947 bits per heavy atom. The fourth-order valence-electron chi connectivity index (χ4n) is 4.80. The van der Waals surface area contributed by atoms with Gasteiger partial charge in [0.15, 0.2) is 5.16 Å². The molecule has 1 amide bonds. The number of anilines is 1. The Morgan fingerprint density at radius 3 is 2.37 bits per heavy atom. The van der Waals surface area contributed by atoms with Crippen molar-refractivity contribution in [3.8, 4) is 5.69 Å². The molecular weight excluding hydrogens is 512 g/mol. The summed E-state index contributed by atoms with van der Waals surface area (Å²) in [5, 5.41) is 4.15. The minimum absolute atomic E-state index is 0.0684. The van der Waals surface area contributed by atoms with Crippen LogP contribution in [0.2, 0.25) is 0 Å². The third kappa shape index (κ3) is 5.15. The maximum Gasteiger partial charge on any atom is 0.267 e. The lowest BCUT2D eigenvalue weighted by Crippen LogP contribution is -2.30. The lowest BCUT2D eigenvalue weighted by atomic mass is 10.0. The zero-order valence-electron chi connectivity index (χ0n) is 20.7. The molecule has 0 radical (unpaired) electrons. The Kier molecular flexibility index (Phi) is 7.09. The second-order valence-electron chi connectivity index (χ2n) is 9.20. The molecule has 0 aliphatic carbocycles. The molecule has 0 bridgehead atoms. The van der Waals surface area contributed by atoms with E-state index in [1.54, 1.807) is 15.9 Å². The number of benzene rings is 3. The van der Waals surface area contributed by atoms with Crippen LogP contribution in [0.3, 0.4) is 0 Å². The molecule has 1 N–H and O–H groups in total. The molecule has 1 aliphatic heterocycles. The number of carbonyl (C=O) groups excluding carboxylic acids is 1. The van der Waals surface area contributed by atoms with Gasteiger partial charge in [-0.1, -0.05) is 78.5 Å². The van der Waals surface area contributed by atoms with Crippen LogP contribution in [0.15, 0.2) is 101 Å². The number of para-hydroxylation sites is 2. The first-order chi connectivity index (χ1) is 18.7. The third-order valence-electron chi connectivity index (χ3n) is 6.58. The fourth-order valence-corrected chi connectivity index (χ4v) is 6.92. The number of aromatic nitrogens is 2. The molecule has 0 unspecified atom stereocenters. The van der Waals surface area contributed by atoms with Crippen LogP contribution in [-0.2, 0) is 24.3 Å². The van der Waals surface area contributed by atoms with E-state index in [9.17, 15) is 9.59 Å². The second kappa shape index (κ2) is 10.9. The number of nitrogens with zero attached hydrogens (tertiary/aromatic N) is 3. The fraction of sp³-hybridized carbons (Fsp3) is 0.167. The summed E-state index contributed by atoms with van der Waals surface area (Å²) in [6.45, 7) is 2.58. The van der Waals surface area contributed by atoms with Gasteiger partial charge in [0, 0.05) is 30.2 Å². The molecular formula is C30H26N4O2S2. The van der Waals surface area contributed by atoms with Gasteiger partial charge in [-0.25, -0.2) is 4.98 Å². The van der Waals surface area contributed by atoms with Gasteiger partial charge in [0.25, 0.3) is 5.56 Å². The van der Waals surface area contributed by atoms with Gasteiger partial charge < -0.3 is 5.32 Å². The SMILES string of the molecule is O=C(CSc1nc2sc3c(c2c(=O)n1-c1ccccc1)CCN(Cc1ccccc1)C3)Nc1ccccc1. The molecule has 3 aromatic carbocycles. The molecule has 0 saturated carbocycles. The summed E-state index contributed by atoms with van der Waals surface area (Å²) in [4.78, 5) is 36.0. The van der Waals surface area contributed by atoms with E-state index in [1.807, 2.05) is 66.7 Å². The number of carbonyl (C=O) groups is 1. The maximum atomic E-state index is 14.0. The summed E-state index contributed by atoms with van der Waals surface area (Å²) in [7, 11) is 0. The molecule has 0 atom stereocenters. The lowest BCUT2D eigenvalue weighted by molar-refractivity contribution is -0.113. The standard InChI is InChI=1S/C30H26N4O2S2/c35-26(31-22-12-6-2-7-13-22)20-37-30-32-28-27(29(36)34(30)23-14-8-3-9-15-23)24-16-17-33(19-25(24)38-28)18-21-10-4-1-5-11-21/h1-15H,16-20H2,(H,31,35). The van der Waals surface area contributed by atoms with E-state index in [4.69, 9.17) is 4.98 Å². The Bertz CT molecular complexity index is 1630. The smallest absolute Gasteiger partial charge is 0.267 e. The molecule has 8 heteroatoms. The van der Waals surface area contributed by atoms with Crippen LogP contribution >= 0.6 is 23.1 Å². The molecule has 6 nitrogen and oxygen atoms in total. The number of hydrogen-bond acceptors (Lipinski definition) is 6. The molecule has 0 spiro atoms. The third-order valence-corrected chi connectivity index (χ3v) is 8.63. The number of hydrogen-bond donors (Lipinski definition) is 1. The van der Waals surface area contributed by atoms with E-state index >= 15 is 0 Å². The van der Waals surface area contributed by atoms with Crippen LogP contribution in [0.4, 0.5) is 5.69 Å². The van der Waals surface area contributed by atoms with Crippen molar-refractivity contribution in [1.29, 1.82) is 0 Å². The molecule has 1 aliphatic rings. The van der Waals surface area contributed by atoms with Gasteiger partial charge in [-0.3, -0.25) is 19.1 Å². The van der Waals surface area contributed by atoms with Crippen molar-refractivity contribution < 1.29 is 4.79 Å². The summed E-state index contributed by atoms with van der Waals surface area (Å²) in [6, 6.07) is 29.4. The number of rotatable bonds is 7. The molecule has 2 aromatic heterocycles. The van der Waals surface area contributed by atoms with Crippen molar-refractivity contribution >= 4 is 44.9 Å². The van der Waals surface area contributed by atoms with Gasteiger partial charge in [-0.05, 0) is 41.8 Å². The zero-order valence-corrected chi connectivity index (χ0v) is 22.3. The zero-order chi connectivity index (χ0) is 25.9. The summed E-state index contributed by atoms with van der Waals surface area (Å²) < 4.78 is 1.66. The normalized spacial score (nSPS) is 13.4. The monoisotopic (exact) mass is 538 g/mol. The van der Waals surface area contributed by atoms with Crippen LogP contribution in [-0.4, -0.2) is 32.7 Å². The average Bonchev–Trinajstić information content (AvgIpc) is 3.31. The first kappa shape index (κ1) is 24.6. The van der Waals surface area contributed by atoms with E-state index < -0.39 is 0 Å². The number of nitrogens with one attached hydrogen (secondary N) is 1. The minimum atomic E-state index is -0.141. The Balaban J connectivity index is 1.32. The van der Waals surface area contributed by atoms with Crippen molar-refractivity contribution in [2.45, 2.75) is 24.7 Å². The lowest BCUT2D eigenvalue weighted by Gasteiger charge is -2.26. The first-order valence-electron chi connectivity index (χ1n) is 12.5. The summed E-state index contributed by atoms with van der Waals surface area (Å²) in [6.07, 6.45) is 0.819. The largest absolute Gasteiger partial charge is 0.325 e. The summed E-state index contributed by atoms with van der Waals surface area (Å²) in [5.74, 6) is 0.00694. The van der Waals surface area contributed by atoms with Crippen molar-refractivity contribution in [2.75, 3.05) is 17.6 Å². The quantitative estimate of drug-likeness (QED) is 0.212. The molecule has 6 rings (SSSR count). The van der Waals surface area contributed by atoms with Gasteiger partial charge in [0.05, 0.1) is 16.8 Å². The number of fused-ring (bicyclic) bond motifs is 3. The van der Waals surface area contributed by atoms with Crippen LogP contribution < -0.4 is 10.9 Å². The number of thiophene rings is 1. The van der Waals surface area contributed by atoms with Crippen LogP contribution in [0.1, 0.15) is 16.0 Å². The van der Waals surface area contributed by atoms with Gasteiger partial charge in [-0.15, -0.1) is 11.3 Å². The molecule has 5 aromatic rings. The second-order valence-corrected chi connectivity index (χ2v) is 11.2. The average molecular weight is 539 g/mol. The topological polar surface area (TPSA) is 67.2 Å². The minimum Gasteiger partial charge on any atom is -0.325 e. The van der Waals surface area contributed by atoms with E-state index in [-0.39, 0.29) is 17.2 Å². The van der Waals surface area contributed by atoms with Crippen molar-refractivity contribution in [1.82, 2.24) is 14.5 Å². The molecule has 0 saturated heterocycles. The predicted octanol–water partition coefficient (Wildman–Crippen LogP) is 5.74. The number of thioether (sulfide) groups is 1. The molecule has 38 heavy (non-hydrogen) atoms. The maximum absolute atomic E-state index is 14.0. The summed E-state index contributed by atoms with van der Waals surface area (Å²) >= 11 is 2.89. The van der Waals surface area contributed by atoms with Crippen LogP contribution in [0.5, 0.6) is 0 Å². The highest BCUT2D eigenvalue weighted by Gasteiger charge is 2.26. The highest BCUT2D eigenvalue weighted by Crippen LogP contribution is 2.34. The van der Waals surface area contributed by atoms with E-state index in [0.29, 0.717) is 10.5 Å². The summed E-state index contributed by atoms with van der Waals surface area (Å²) in [5.41, 5.74) is 3.83. The molecule has 190 valence electrons. The molecule has 3 heterocycles. The van der Waals surface area contributed by atoms with Crippen molar-refractivity contribution in [3.63, 3.8) is 0 Å². The van der Waals surface area contributed by atoms with E-state index in [2.05, 4.69) is 34.5 Å². The Hall–Kier alpha value is -3.72. The predicted molar refractivity (Wildman–Crippen MR) is 155 cm³/mol. The van der Waals surface area contributed by atoms with Gasteiger partial charge >= 0.3 is 0 Å².